The van der Waals surface area contributed by atoms with Crippen LogP contribution in [0.5, 0.6) is 0 Å². The van der Waals surface area contributed by atoms with Gasteiger partial charge in [0.15, 0.2) is 0 Å². The van der Waals surface area contributed by atoms with Crippen molar-refractivity contribution in [1.82, 2.24) is 5.32 Å². The molecule has 0 aromatic carbocycles. The van der Waals surface area contributed by atoms with Gasteiger partial charge in [-0.05, 0) is 20.4 Å². The second-order valence-corrected chi connectivity index (χ2v) is 2.77. The van der Waals surface area contributed by atoms with E-state index in [0.717, 1.165) is 6.42 Å². The van der Waals surface area contributed by atoms with Gasteiger partial charge in [-0.2, -0.15) is 0 Å². The monoisotopic (exact) mass is 227 g/mol. The predicted octanol–water partition coefficient (Wildman–Crippen LogP) is 3.31. The summed E-state index contributed by atoms with van der Waals surface area (Å²) >= 11 is 0. The van der Waals surface area contributed by atoms with Gasteiger partial charge in [0.05, 0.1) is 6.10 Å². The molecular formula is C14H29NO. The Bertz CT molecular complexity index is 162. The zero-order chi connectivity index (χ0) is 13.2. The van der Waals surface area contributed by atoms with Crippen LogP contribution in [0.2, 0.25) is 0 Å². The molecule has 2 N–H and O–H groups in total. The SMILES string of the molecule is C=C/C=C\C=C/C.CC.CCC(O)CNC. The number of aliphatic hydroxyl groups excluding tert-OH is 1. The highest BCUT2D eigenvalue weighted by Crippen LogP contribution is 1.83. The molecule has 0 aliphatic rings. The number of hydrogen-bond acceptors (Lipinski definition) is 2. The van der Waals surface area contributed by atoms with Crippen LogP contribution in [0.4, 0.5) is 0 Å². The highest BCUT2D eigenvalue weighted by Gasteiger charge is 1.93. The van der Waals surface area contributed by atoms with E-state index in [4.69, 9.17) is 5.11 Å². The summed E-state index contributed by atoms with van der Waals surface area (Å²) in [5, 5.41) is 11.7. The van der Waals surface area contributed by atoms with E-state index < -0.39 is 0 Å². The third-order valence-corrected chi connectivity index (χ3v) is 1.46. The molecule has 0 amide bonds. The first-order valence-corrected chi connectivity index (χ1v) is 5.95. The van der Waals surface area contributed by atoms with Crippen molar-refractivity contribution in [1.29, 1.82) is 0 Å². The standard InChI is InChI=1S/C7H10.C5H13NO.C2H6/c1-3-5-7-6-4-2;1-3-5(7)4-6-2;1-2/h3-7H,1H2,2H3;5-7H,3-4H2,1-2H3;1-2H3/b6-4-,7-5-;;. The van der Waals surface area contributed by atoms with Crippen molar-refractivity contribution in [3.63, 3.8) is 0 Å². The van der Waals surface area contributed by atoms with E-state index in [1.54, 1.807) is 6.08 Å². The van der Waals surface area contributed by atoms with Crippen LogP contribution in [-0.4, -0.2) is 24.8 Å². The van der Waals surface area contributed by atoms with Crippen LogP contribution in [0.15, 0.2) is 37.0 Å². The van der Waals surface area contributed by atoms with Crippen LogP contribution < -0.4 is 5.32 Å². The van der Waals surface area contributed by atoms with Crippen molar-refractivity contribution in [3.8, 4) is 0 Å². The highest BCUT2D eigenvalue weighted by molar-refractivity contribution is 5.07. The lowest BCUT2D eigenvalue weighted by atomic mass is 10.3. The minimum Gasteiger partial charge on any atom is -0.392 e. The quantitative estimate of drug-likeness (QED) is 0.706. The van der Waals surface area contributed by atoms with Gasteiger partial charge >= 0.3 is 0 Å². The molecule has 0 saturated carbocycles. The second-order valence-electron chi connectivity index (χ2n) is 2.77. The van der Waals surface area contributed by atoms with Gasteiger partial charge in [-0.15, -0.1) is 0 Å². The lowest BCUT2D eigenvalue weighted by Gasteiger charge is -2.03. The van der Waals surface area contributed by atoms with Crippen LogP contribution in [0, 0.1) is 0 Å². The van der Waals surface area contributed by atoms with E-state index in [9.17, 15) is 0 Å². The lowest BCUT2D eigenvalue weighted by molar-refractivity contribution is 0.170. The molecule has 96 valence electrons. The molecule has 0 spiro atoms. The first kappa shape index (κ1) is 20.5. The van der Waals surface area contributed by atoms with Crippen LogP contribution in [0.25, 0.3) is 0 Å². The van der Waals surface area contributed by atoms with E-state index in [-0.39, 0.29) is 6.10 Å². The Labute approximate surface area is 102 Å². The first-order chi connectivity index (χ1) is 7.72. The summed E-state index contributed by atoms with van der Waals surface area (Å²) in [6.07, 6.45) is 10.2. The summed E-state index contributed by atoms with van der Waals surface area (Å²) in [4.78, 5) is 0. The molecule has 0 rings (SSSR count). The maximum Gasteiger partial charge on any atom is 0.0661 e. The number of hydrogen-bond donors (Lipinski definition) is 2. The Hall–Kier alpha value is -0.860. The number of nitrogens with one attached hydrogen (secondary N) is 1. The Kier molecular flexibility index (Phi) is 30.5. The van der Waals surface area contributed by atoms with Crippen LogP contribution in [0.3, 0.4) is 0 Å². The molecule has 0 aliphatic carbocycles. The summed E-state index contributed by atoms with van der Waals surface area (Å²) in [6.45, 7) is 12.2. The average molecular weight is 227 g/mol. The Morgan fingerprint density at radius 3 is 2.06 bits per heavy atom. The summed E-state index contributed by atoms with van der Waals surface area (Å²) in [5.41, 5.74) is 0. The van der Waals surface area contributed by atoms with Gasteiger partial charge in [0.25, 0.3) is 0 Å². The molecule has 2 heteroatoms. The maximum absolute atomic E-state index is 8.80. The molecule has 16 heavy (non-hydrogen) atoms. The molecule has 0 aromatic heterocycles. The normalized spacial score (nSPS) is 11.4. The van der Waals surface area contributed by atoms with E-state index in [1.165, 1.54) is 0 Å². The molecule has 0 fully saturated rings. The summed E-state index contributed by atoms with van der Waals surface area (Å²) < 4.78 is 0. The van der Waals surface area contributed by atoms with Crippen molar-refractivity contribution in [2.24, 2.45) is 0 Å². The zero-order valence-electron chi connectivity index (χ0n) is 11.5. The fourth-order valence-electron chi connectivity index (χ4n) is 0.634. The van der Waals surface area contributed by atoms with E-state index >= 15 is 0 Å². The lowest BCUT2D eigenvalue weighted by Crippen LogP contribution is -2.22. The van der Waals surface area contributed by atoms with Crippen LogP contribution >= 0.6 is 0 Å². The molecule has 0 aromatic rings. The summed E-state index contributed by atoms with van der Waals surface area (Å²) in [5.74, 6) is 0. The number of aliphatic hydroxyl groups is 1. The van der Waals surface area contributed by atoms with Gasteiger partial charge in [0.1, 0.15) is 0 Å². The molecular weight excluding hydrogens is 198 g/mol. The first-order valence-electron chi connectivity index (χ1n) is 5.95. The molecule has 1 unspecified atom stereocenters. The van der Waals surface area contributed by atoms with E-state index in [1.807, 2.05) is 59.0 Å². The van der Waals surface area contributed by atoms with Crippen LogP contribution in [0.1, 0.15) is 34.1 Å². The van der Waals surface area contributed by atoms with E-state index in [2.05, 4.69) is 11.9 Å². The molecule has 2 nitrogen and oxygen atoms in total. The smallest absolute Gasteiger partial charge is 0.0661 e. The molecule has 0 aliphatic heterocycles. The van der Waals surface area contributed by atoms with Crippen LogP contribution in [-0.2, 0) is 0 Å². The van der Waals surface area contributed by atoms with Crippen molar-refractivity contribution in [3.05, 3.63) is 37.0 Å². The number of rotatable bonds is 5. The second kappa shape index (κ2) is 23.7. The maximum atomic E-state index is 8.80. The topological polar surface area (TPSA) is 32.3 Å². The van der Waals surface area contributed by atoms with Crippen molar-refractivity contribution in [2.45, 2.75) is 40.2 Å². The fraction of sp³-hybridized carbons (Fsp3) is 0.571. The fourth-order valence-corrected chi connectivity index (χ4v) is 0.634. The average Bonchev–Trinajstić information content (AvgIpc) is 2.33. The number of allylic oxidation sites excluding steroid dienone is 5. The number of likely N-dealkylation sites (N-methyl/N-ethyl adjacent to an activating group) is 1. The minimum absolute atomic E-state index is 0.162. The predicted molar refractivity (Wildman–Crippen MR) is 75.7 cm³/mol. The van der Waals surface area contributed by atoms with E-state index in [0.29, 0.717) is 6.54 Å². The highest BCUT2D eigenvalue weighted by atomic mass is 16.3. The van der Waals surface area contributed by atoms with Gasteiger partial charge in [-0.25, -0.2) is 0 Å². The molecule has 0 radical (unpaired) electrons. The minimum atomic E-state index is -0.162. The van der Waals surface area contributed by atoms with Gasteiger partial charge in [0.2, 0.25) is 0 Å². The third-order valence-electron chi connectivity index (χ3n) is 1.46. The van der Waals surface area contributed by atoms with Gasteiger partial charge in [-0.3, -0.25) is 0 Å². The Morgan fingerprint density at radius 2 is 1.81 bits per heavy atom. The third kappa shape index (κ3) is 29.2. The van der Waals surface area contributed by atoms with Crippen molar-refractivity contribution in [2.75, 3.05) is 13.6 Å². The van der Waals surface area contributed by atoms with Crippen molar-refractivity contribution < 1.29 is 5.11 Å². The van der Waals surface area contributed by atoms with Gasteiger partial charge in [-0.1, -0.05) is 57.7 Å². The summed E-state index contributed by atoms with van der Waals surface area (Å²) in [7, 11) is 1.83. The Morgan fingerprint density at radius 1 is 1.25 bits per heavy atom. The molecule has 0 saturated heterocycles. The molecule has 0 bridgehead atoms. The zero-order valence-corrected chi connectivity index (χ0v) is 11.5. The van der Waals surface area contributed by atoms with Crippen molar-refractivity contribution >= 4 is 0 Å². The largest absolute Gasteiger partial charge is 0.392 e. The Balaban J connectivity index is -0.000000183. The molecule has 0 heterocycles. The van der Waals surface area contributed by atoms with Gasteiger partial charge < -0.3 is 10.4 Å². The summed E-state index contributed by atoms with van der Waals surface area (Å²) in [6, 6.07) is 0. The van der Waals surface area contributed by atoms with Gasteiger partial charge in [0, 0.05) is 6.54 Å². The molecule has 1 atom stereocenters.